The lowest BCUT2D eigenvalue weighted by Crippen LogP contribution is -2.51. The van der Waals surface area contributed by atoms with E-state index in [1.165, 1.54) is 7.11 Å². The van der Waals surface area contributed by atoms with Crippen LogP contribution in [0, 0.1) is 0 Å². The Morgan fingerprint density at radius 3 is 2.39 bits per heavy atom. The molecule has 0 saturated carbocycles. The SMILES string of the molecule is COC(=O)c1ccc(CNCC(C)(C)NC(=O)OC(C)(C)C)[nH]1. The molecule has 7 nitrogen and oxygen atoms in total. The van der Waals surface area contributed by atoms with E-state index < -0.39 is 23.2 Å². The number of carbonyl (C=O) groups is 2. The maximum Gasteiger partial charge on any atom is 0.408 e. The van der Waals surface area contributed by atoms with Crippen LogP contribution in [0.3, 0.4) is 0 Å². The number of ether oxygens (including phenoxy) is 2. The Bertz CT molecular complexity index is 544. The second kappa shape index (κ2) is 7.50. The summed E-state index contributed by atoms with van der Waals surface area (Å²) in [6.07, 6.45) is -0.447. The van der Waals surface area contributed by atoms with Crippen LogP contribution in [0.5, 0.6) is 0 Å². The van der Waals surface area contributed by atoms with Crippen LogP contribution >= 0.6 is 0 Å². The van der Waals surface area contributed by atoms with Gasteiger partial charge in [-0.05, 0) is 46.8 Å². The van der Waals surface area contributed by atoms with Crippen LogP contribution in [0.4, 0.5) is 4.79 Å². The summed E-state index contributed by atoms with van der Waals surface area (Å²) in [7, 11) is 1.34. The predicted molar refractivity (Wildman–Crippen MR) is 87.3 cm³/mol. The number of nitrogens with one attached hydrogen (secondary N) is 3. The van der Waals surface area contributed by atoms with Crippen molar-refractivity contribution < 1.29 is 19.1 Å². The van der Waals surface area contributed by atoms with Crippen molar-refractivity contribution in [2.75, 3.05) is 13.7 Å². The van der Waals surface area contributed by atoms with Crippen molar-refractivity contribution in [3.63, 3.8) is 0 Å². The number of rotatable bonds is 6. The molecule has 1 aromatic heterocycles. The second-order valence-corrected chi connectivity index (χ2v) is 7.00. The minimum absolute atomic E-state index is 0.400. The average molecular weight is 325 g/mol. The van der Waals surface area contributed by atoms with E-state index in [1.807, 2.05) is 40.7 Å². The Morgan fingerprint density at radius 2 is 1.83 bits per heavy atom. The van der Waals surface area contributed by atoms with Crippen LogP contribution in [0.1, 0.15) is 50.8 Å². The zero-order chi connectivity index (χ0) is 17.7. The van der Waals surface area contributed by atoms with Crippen molar-refractivity contribution in [1.82, 2.24) is 15.6 Å². The molecular weight excluding hydrogens is 298 g/mol. The highest BCUT2D eigenvalue weighted by atomic mass is 16.6. The molecule has 0 radical (unpaired) electrons. The van der Waals surface area contributed by atoms with Gasteiger partial charge in [0.2, 0.25) is 0 Å². The number of aromatic amines is 1. The van der Waals surface area contributed by atoms with E-state index in [0.29, 0.717) is 18.8 Å². The highest BCUT2D eigenvalue weighted by molar-refractivity contribution is 5.87. The van der Waals surface area contributed by atoms with Crippen LogP contribution < -0.4 is 10.6 Å². The number of esters is 1. The standard InChI is InChI=1S/C16H27N3O4/c1-15(2,3)23-14(21)19-16(4,5)10-17-9-11-7-8-12(18-11)13(20)22-6/h7-8,17-18H,9-10H2,1-6H3,(H,19,21). The summed E-state index contributed by atoms with van der Waals surface area (Å²) >= 11 is 0. The fraction of sp³-hybridized carbons (Fsp3) is 0.625. The molecule has 0 atom stereocenters. The van der Waals surface area contributed by atoms with Gasteiger partial charge in [0, 0.05) is 18.8 Å². The fourth-order valence-electron chi connectivity index (χ4n) is 1.91. The maximum absolute atomic E-state index is 11.8. The molecule has 0 aliphatic heterocycles. The van der Waals surface area contributed by atoms with Crippen molar-refractivity contribution in [2.45, 2.75) is 52.3 Å². The Balaban J connectivity index is 2.43. The first-order valence-corrected chi connectivity index (χ1v) is 7.50. The fourth-order valence-corrected chi connectivity index (χ4v) is 1.91. The van der Waals surface area contributed by atoms with Crippen LogP contribution in [0.2, 0.25) is 0 Å². The smallest absolute Gasteiger partial charge is 0.408 e. The van der Waals surface area contributed by atoms with E-state index in [9.17, 15) is 9.59 Å². The van der Waals surface area contributed by atoms with E-state index in [2.05, 4.69) is 20.4 Å². The first-order valence-electron chi connectivity index (χ1n) is 7.50. The average Bonchev–Trinajstić information content (AvgIpc) is 2.83. The monoisotopic (exact) mass is 325 g/mol. The number of aromatic nitrogens is 1. The number of H-pyrrole nitrogens is 1. The third kappa shape index (κ3) is 7.19. The van der Waals surface area contributed by atoms with Crippen molar-refractivity contribution in [3.05, 3.63) is 23.5 Å². The second-order valence-electron chi connectivity index (χ2n) is 7.00. The van der Waals surface area contributed by atoms with E-state index in [-0.39, 0.29) is 0 Å². The maximum atomic E-state index is 11.8. The summed E-state index contributed by atoms with van der Waals surface area (Å²) in [5.74, 6) is -0.400. The topological polar surface area (TPSA) is 92.5 Å². The van der Waals surface area contributed by atoms with Crippen molar-refractivity contribution in [1.29, 1.82) is 0 Å². The zero-order valence-electron chi connectivity index (χ0n) is 14.7. The van der Waals surface area contributed by atoms with Gasteiger partial charge in [-0.1, -0.05) is 0 Å². The first kappa shape index (κ1) is 19.0. The summed E-state index contributed by atoms with van der Waals surface area (Å²) in [5, 5.41) is 6.05. The summed E-state index contributed by atoms with van der Waals surface area (Å²) in [6.45, 7) is 10.3. The molecule has 130 valence electrons. The van der Waals surface area contributed by atoms with Gasteiger partial charge in [-0.3, -0.25) is 0 Å². The number of methoxy groups -OCH3 is 1. The number of carbonyl (C=O) groups excluding carboxylic acids is 2. The molecule has 0 aromatic carbocycles. The van der Waals surface area contributed by atoms with Gasteiger partial charge in [0.05, 0.1) is 12.6 Å². The molecule has 0 fully saturated rings. The third-order valence-electron chi connectivity index (χ3n) is 2.87. The van der Waals surface area contributed by atoms with Gasteiger partial charge in [-0.15, -0.1) is 0 Å². The predicted octanol–water partition coefficient (Wildman–Crippen LogP) is 2.19. The van der Waals surface area contributed by atoms with Crippen molar-refractivity contribution in [3.8, 4) is 0 Å². The largest absolute Gasteiger partial charge is 0.464 e. The summed E-state index contributed by atoms with van der Waals surface area (Å²) < 4.78 is 9.88. The van der Waals surface area contributed by atoms with E-state index in [4.69, 9.17) is 4.74 Å². The van der Waals surface area contributed by atoms with Crippen LogP contribution in [0.15, 0.2) is 12.1 Å². The van der Waals surface area contributed by atoms with Gasteiger partial charge < -0.3 is 25.1 Å². The summed E-state index contributed by atoms with van der Waals surface area (Å²) in [5.41, 5.74) is 0.274. The van der Waals surface area contributed by atoms with Crippen LogP contribution in [-0.4, -0.2) is 41.8 Å². The number of hydrogen-bond acceptors (Lipinski definition) is 5. The summed E-state index contributed by atoms with van der Waals surface area (Å²) in [6, 6.07) is 3.49. The normalized spacial score (nSPS) is 11.9. The highest BCUT2D eigenvalue weighted by Gasteiger charge is 2.24. The van der Waals surface area contributed by atoms with Crippen molar-refractivity contribution >= 4 is 12.1 Å². The van der Waals surface area contributed by atoms with E-state index in [1.54, 1.807) is 6.07 Å². The Morgan fingerprint density at radius 1 is 1.17 bits per heavy atom. The molecule has 1 heterocycles. The molecule has 1 aromatic rings. The lowest BCUT2D eigenvalue weighted by molar-refractivity contribution is 0.0471. The van der Waals surface area contributed by atoms with Gasteiger partial charge in [-0.2, -0.15) is 0 Å². The number of alkyl carbamates (subject to hydrolysis) is 1. The zero-order valence-corrected chi connectivity index (χ0v) is 14.7. The summed E-state index contributed by atoms with van der Waals surface area (Å²) in [4.78, 5) is 26.1. The third-order valence-corrected chi connectivity index (χ3v) is 2.87. The quantitative estimate of drug-likeness (QED) is 0.697. The molecule has 1 rings (SSSR count). The minimum Gasteiger partial charge on any atom is -0.464 e. The van der Waals surface area contributed by atoms with E-state index in [0.717, 1.165) is 5.69 Å². The number of hydrogen-bond donors (Lipinski definition) is 3. The lowest BCUT2D eigenvalue weighted by Gasteiger charge is -2.28. The van der Waals surface area contributed by atoms with Crippen LogP contribution in [0.25, 0.3) is 0 Å². The molecule has 3 N–H and O–H groups in total. The van der Waals surface area contributed by atoms with Gasteiger partial charge in [0.15, 0.2) is 0 Å². The first-order chi connectivity index (χ1) is 10.5. The van der Waals surface area contributed by atoms with Crippen molar-refractivity contribution in [2.24, 2.45) is 0 Å². The minimum atomic E-state index is -0.526. The van der Waals surface area contributed by atoms with Gasteiger partial charge in [0.25, 0.3) is 0 Å². The molecule has 0 spiro atoms. The molecule has 0 saturated heterocycles. The lowest BCUT2D eigenvalue weighted by atomic mass is 10.1. The van der Waals surface area contributed by atoms with Gasteiger partial charge >= 0.3 is 12.1 Å². The van der Waals surface area contributed by atoms with E-state index >= 15 is 0 Å². The Labute approximate surface area is 137 Å². The van der Waals surface area contributed by atoms with Gasteiger partial charge in [-0.25, -0.2) is 9.59 Å². The molecule has 23 heavy (non-hydrogen) atoms. The molecular formula is C16H27N3O4. The molecule has 0 aliphatic carbocycles. The molecule has 0 unspecified atom stereocenters. The molecule has 1 amide bonds. The Kier molecular flexibility index (Phi) is 6.20. The Hall–Kier alpha value is -2.02. The molecule has 0 aliphatic rings. The highest BCUT2D eigenvalue weighted by Crippen LogP contribution is 2.09. The molecule has 0 bridgehead atoms. The molecule has 7 heteroatoms. The number of amides is 1. The van der Waals surface area contributed by atoms with Gasteiger partial charge in [0.1, 0.15) is 11.3 Å². The van der Waals surface area contributed by atoms with Crippen LogP contribution in [-0.2, 0) is 16.0 Å².